The van der Waals surface area contributed by atoms with Crippen molar-refractivity contribution in [1.29, 1.82) is 0 Å². The summed E-state index contributed by atoms with van der Waals surface area (Å²) < 4.78 is 12.3. The third-order valence-corrected chi connectivity index (χ3v) is 6.87. The third-order valence-electron chi connectivity index (χ3n) is 4.59. The second-order valence-electron chi connectivity index (χ2n) is 6.34. The van der Waals surface area contributed by atoms with Crippen LogP contribution in [0.1, 0.15) is 9.67 Å². The molecule has 1 fully saturated rings. The van der Waals surface area contributed by atoms with Crippen LogP contribution in [0.3, 0.4) is 0 Å². The fraction of sp³-hybridized carbons (Fsp3) is 0.368. The van der Waals surface area contributed by atoms with Crippen LogP contribution >= 0.6 is 46.7 Å². The largest absolute Gasteiger partial charge is 0.497 e. The summed E-state index contributed by atoms with van der Waals surface area (Å²) in [6.07, 6.45) is 0. The van der Waals surface area contributed by atoms with Crippen molar-refractivity contribution in [1.82, 2.24) is 9.88 Å². The van der Waals surface area contributed by atoms with Crippen LogP contribution < -0.4 is 9.64 Å². The summed E-state index contributed by atoms with van der Waals surface area (Å²) in [5, 5.41) is 0.686. The Bertz CT molecular complexity index is 973. The van der Waals surface area contributed by atoms with Gasteiger partial charge in [-0.2, -0.15) is 0 Å². The number of fused-ring (bicyclic) bond motifs is 1. The van der Waals surface area contributed by atoms with Gasteiger partial charge in [-0.1, -0.05) is 22.9 Å². The highest BCUT2D eigenvalue weighted by molar-refractivity contribution is 7.22. The molecule has 0 bridgehead atoms. The van der Waals surface area contributed by atoms with E-state index in [0.717, 1.165) is 48.8 Å². The van der Waals surface area contributed by atoms with Gasteiger partial charge in [0, 0.05) is 32.2 Å². The van der Waals surface area contributed by atoms with E-state index in [0.29, 0.717) is 20.9 Å². The molecule has 0 radical (unpaired) electrons. The summed E-state index contributed by atoms with van der Waals surface area (Å²) in [5.41, 5.74) is 0.827. The number of hydrogen-bond donors (Lipinski definition) is 0. The minimum atomic E-state index is -0.0730. The molecule has 4 rings (SSSR count). The number of halogens is 2. The van der Waals surface area contributed by atoms with Crippen LogP contribution in [0.25, 0.3) is 10.2 Å². The van der Waals surface area contributed by atoms with Crippen LogP contribution in [0.2, 0.25) is 4.34 Å². The van der Waals surface area contributed by atoms with Crippen LogP contribution in [0.4, 0.5) is 5.13 Å². The Kier molecular flexibility index (Phi) is 7.72. The van der Waals surface area contributed by atoms with E-state index in [1.165, 1.54) is 22.7 Å². The van der Waals surface area contributed by atoms with Crippen molar-refractivity contribution in [3.8, 4) is 5.75 Å². The molecule has 0 spiro atoms. The van der Waals surface area contributed by atoms with Crippen molar-refractivity contribution in [3.05, 3.63) is 39.5 Å². The van der Waals surface area contributed by atoms with Crippen molar-refractivity contribution in [2.75, 3.05) is 51.4 Å². The van der Waals surface area contributed by atoms with E-state index in [1.54, 1.807) is 24.1 Å². The summed E-state index contributed by atoms with van der Waals surface area (Å²) in [7, 11) is 1.63. The predicted octanol–water partition coefficient (Wildman–Crippen LogP) is 4.42. The molecule has 0 aliphatic carbocycles. The van der Waals surface area contributed by atoms with Crippen LogP contribution in [-0.4, -0.2) is 62.3 Å². The van der Waals surface area contributed by atoms with Crippen LogP contribution in [0, 0.1) is 0 Å². The van der Waals surface area contributed by atoms with Gasteiger partial charge in [-0.3, -0.25) is 14.6 Å². The summed E-state index contributed by atoms with van der Waals surface area (Å²) >= 11 is 8.85. The number of thiophene rings is 1. The first kappa shape index (κ1) is 22.3. The lowest BCUT2D eigenvalue weighted by Gasteiger charge is -2.29. The second-order valence-corrected chi connectivity index (χ2v) is 9.07. The molecule has 29 heavy (non-hydrogen) atoms. The Morgan fingerprint density at radius 1 is 1.28 bits per heavy atom. The number of amides is 1. The highest BCUT2D eigenvalue weighted by Crippen LogP contribution is 2.33. The van der Waals surface area contributed by atoms with Gasteiger partial charge in [0.05, 0.1) is 39.8 Å². The average Bonchev–Trinajstić information content (AvgIpc) is 3.34. The number of methoxy groups -OCH3 is 1. The molecule has 1 saturated heterocycles. The molecule has 1 amide bonds. The molecule has 0 unspecified atom stereocenters. The number of thiazole rings is 1. The summed E-state index contributed by atoms with van der Waals surface area (Å²) in [6, 6.07) is 9.30. The Balaban J connectivity index is 0.00000240. The van der Waals surface area contributed by atoms with Gasteiger partial charge >= 0.3 is 0 Å². The molecule has 3 aromatic rings. The molecule has 0 saturated carbocycles. The number of anilines is 1. The Hall–Kier alpha value is -1.42. The maximum atomic E-state index is 13.2. The lowest BCUT2D eigenvalue weighted by atomic mass is 10.3. The molecule has 1 aliphatic rings. The SMILES string of the molecule is COc1ccc2sc(N(CCN3CCOCC3)C(=O)c3ccc(Cl)s3)nc2c1.Cl. The molecule has 1 aliphatic heterocycles. The number of hydrogen-bond acceptors (Lipinski definition) is 7. The first-order valence-corrected chi connectivity index (χ1v) is 11.0. The first-order chi connectivity index (χ1) is 13.6. The predicted molar refractivity (Wildman–Crippen MR) is 122 cm³/mol. The maximum absolute atomic E-state index is 13.2. The molecule has 10 heteroatoms. The highest BCUT2D eigenvalue weighted by atomic mass is 35.5. The number of ether oxygens (including phenoxy) is 2. The first-order valence-electron chi connectivity index (χ1n) is 8.96. The van der Waals surface area contributed by atoms with Gasteiger partial charge in [0.25, 0.3) is 5.91 Å². The fourth-order valence-electron chi connectivity index (χ4n) is 3.05. The molecule has 156 valence electrons. The van der Waals surface area contributed by atoms with E-state index >= 15 is 0 Å². The Labute approximate surface area is 188 Å². The monoisotopic (exact) mass is 473 g/mol. The van der Waals surface area contributed by atoms with Gasteiger partial charge < -0.3 is 9.47 Å². The van der Waals surface area contributed by atoms with Gasteiger partial charge in [0.2, 0.25) is 0 Å². The van der Waals surface area contributed by atoms with Gasteiger partial charge in [0.1, 0.15) is 5.75 Å². The average molecular weight is 474 g/mol. The van der Waals surface area contributed by atoms with Crippen molar-refractivity contribution < 1.29 is 14.3 Å². The molecule has 3 heterocycles. The number of benzene rings is 1. The van der Waals surface area contributed by atoms with E-state index in [2.05, 4.69) is 4.90 Å². The summed E-state index contributed by atoms with van der Waals surface area (Å²) in [4.78, 5) is 22.6. The summed E-state index contributed by atoms with van der Waals surface area (Å²) in [5.74, 6) is 0.678. The van der Waals surface area contributed by atoms with Crippen molar-refractivity contribution in [2.24, 2.45) is 0 Å². The number of morpholine rings is 1. The van der Waals surface area contributed by atoms with Crippen molar-refractivity contribution in [3.63, 3.8) is 0 Å². The zero-order chi connectivity index (χ0) is 19.5. The zero-order valence-electron chi connectivity index (χ0n) is 15.8. The van der Waals surface area contributed by atoms with Gasteiger partial charge in [-0.05, 0) is 24.3 Å². The number of carbonyl (C=O) groups excluding carboxylic acids is 1. The minimum Gasteiger partial charge on any atom is -0.497 e. The zero-order valence-corrected chi connectivity index (χ0v) is 19.0. The minimum absolute atomic E-state index is 0. The van der Waals surface area contributed by atoms with E-state index < -0.39 is 0 Å². The number of nitrogens with zero attached hydrogens (tertiary/aromatic N) is 3. The van der Waals surface area contributed by atoms with Crippen LogP contribution in [-0.2, 0) is 4.74 Å². The normalized spacial score (nSPS) is 14.6. The van der Waals surface area contributed by atoms with E-state index in [9.17, 15) is 4.79 Å². The third kappa shape index (κ3) is 5.20. The van der Waals surface area contributed by atoms with Gasteiger partial charge in [-0.15, -0.1) is 23.7 Å². The van der Waals surface area contributed by atoms with Gasteiger partial charge in [0.15, 0.2) is 5.13 Å². The smallest absolute Gasteiger partial charge is 0.270 e. The topological polar surface area (TPSA) is 54.9 Å². The summed E-state index contributed by atoms with van der Waals surface area (Å²) in [6.45, 7) is 4.55. The fourth-order valence-corrected chi connectivity index (χ4v) is 5.01. The second kappa shape index (κ2) is 10.1. The lowest BCUT2D eigenvalue weighted by Crippen LogP contribution is -2.43. The van der Waals surface area contributed by atoms with E-state index in [4.69, 9.17) is 26.1 Å². The number of aromatic nitrogens is 1. The number of carbonyl (C=O) groups is 1. The van der Waals surface area contributed by atoms with Crippen LogP contribution in [0.5, 0.6) is 5.75 Å². The van der Waals surface area contributed by atoms with E-state index in [1.807, 2.05) is 18.2 Å². The van der Waals surface area contributed by atoms with Crippen molar-refractivity contribution in [2.45, 2.75) is 0 Å². The molecule has 0 N–H and O–H groups in total. The molecule has 2 aromatic heterocycles. The molecular formula is C19H21Cl2N3O3S2. The Morgan fingerprint density at radius 3 is 2.76 bits per heavy atom. The maximum Gasteiger partial charge on any atom is 0.270 e. The van der Waals surface area contributed by atoms with Gasteiger partial charge in [-0.25, -0.2) is 4.98 Å². The quantitative estimate of drug-likeness (QED) is 0.530. The standard InChI is InChI=1S/C19H20ClN3O3S2.ClH/c1-25-13-2-3-15-14(12-13)21-19(28-15)23(7-6-22-8-10-26-11-9-22)18(24)16-4-5-17(20)27-16;/h2-5,12H,6-11H2,1H3;1H. The van der Waals surface area contributed by atoms with Crippen molar-refractivity contribution >= 4 is 67.9 Å². The molecule has 6 nitrogen and oxygen atoms in total. The van der Waals surface area contributed by atoms with Crippen LogP contribution in [0.15, 0.2) is 30.3 Å². The lowest BCUT2D eigenvalue weighted by molar-refractivity contribution is 0.0391. The van der Waals surface area contributed by atoms with E-state index in [-0.39, 0.29) is 18.3 Å². The molecule has 1 aromatic carbocycles. The Morgan fingerprint density at radius 2 is 2.07 bits per heavy atom. The molecule has 0 atom stereocenters. The number of rotatable bonds is 6. The highest BCUT2D eigenvalue weighted by Gasteiger charge is 2.24. The molecular weight excluding hydrogens is 453 g/mol.